The highest BCUT2D eigenvalue weighted by atomic mass is 16.3. The summed E-state index contributed by atoms with van der Waals surface area (Å²) in [6, 6.07) is 0. The Bertz CT molecular complexity index is 389. The van der Waals surface area contributed by atoms with Crippen LogP contribution in [0.25, 0.3) is 0 Å². The third-order valence-corrected chi connectivity index (χ3v) is 2.81. The number of unbranched alkanes of at least 4 members (excludes halogenated alkanes) is 1. The van der Waals surface area contributed by atoms with Crippen molar-refractivity contribution in [1.29, 1.82) is 0 Å². The summed E-state index contributed by atoms with van der Waals surface area (Å²) >= 11 is 0. The molecular formula is C12H22N4O2. The summed E-state index contributed by atoms with van der Waals surface area (Å²) in [6.45, 7) is 5.48. The number of anilines is 1. The molecule has 1 rings (SSSR count). The summed E-state index contributed by atoms with van der Waals surface area (Å²) in [5, 5.41) is 13.1. The van der Waals surface area contributed by atoms with Crippen LogP contribution in [0.5, 0.6) is 0 Å². The van der Waals surface area contributed by atoms with E-state index in [1.54, 1.807) is 9.58 Å². The molecule has 1 amide bonds. The van der Waals surface area contributed by atoms with Crippen LogP contribution in [0.1, 0.15) is 37.2 Å². The van der Waals surface area contributed by atoms with E-state index in [1.165, 1.54) is 6.20 Å². The zero-order valence-electron chi connectivity index (χ0n) is 11.1. The van der Waals surface area contributed by atoms with E-state index >= 15 is 0 Å². The number of nitrogens with zero attached hydrogens (tertiary/aromatic N) is 3. The lowest BCUT2D eigenvalue weighted by Crippen LogP contribution is -2.36. The highest BCUT2D eigenvalue weighted by molar-refractivity contribution is 5.97. The number of hydrogen-bond acceptors (Lipinski definition) is 4. The van der Waals surface area contributed by atoms with Crippen LogP contribution >= 0.6 is 0 Å². The van der Waals surface area contributed by atoms with E-state index < -0.39 is 0 Å². The summed E-state index contributed by atoms with van der Waals surface area (Å²) in [4.78, 5) is 14.0. The van der Waals surface area contributed by atoms with Gasteiger partial charge in [0.05, 0.1) is 18.5 Å². The first-order chi connectivity index (χ1) is 8.65. The summed E-state index contributed by atoms with van der Waals surface area (Å²) in [7, 11) is 0. The maximum atomic E-state index is 12.4. The predicted octanol–water partition coefficient (Wildman–Crippen LogP) is 0.720. The van der Waals surface area contributed by atoms with Gasteiger partial charge in [-0.05, 0) is 13.3 Å². The van der Waals surface area contributed by atoms with Crippen molar-refractivity contribution in [2.24, 2.45) is 0 Å². The lowest BCUT2D eigenvalue weighted by molar-refractivity contribution is 0.0708. The molecule has 0 unspecified atom stereocenters. The number of aliphatic hydroxyl groups excluding tert-OH is 1. The quantitative estimate of drug-likeness (QED) is 0.751. The molecule has 0 bridgehead atoms. The summed E-state index contributed by atoms with van der Waals surface area (Å²) in [5.74, 6) is -0.158. The number of nitrogens with two attached hydrogens (primary N) is 1. The minimum Gasteiger partial charge on any atom is -0.396 e. The van der Waals surface area contributed by atoms with Gasteiger partial charge in [0.1, 0.15) is 5.69 Å². The number of rotatable bonds is 7. The Kier molecular flexibility index (Phi) is 5.64. The van der Waals surface area contributed by atoms with Crippen molar-refractivity contribution in [1.82, 2.24) is 14.7 Å². The van der Waals surface area contributed by atoms with Gasteiger partial charge in [0, 0.05) is 19.6 Å². The van der Waals surface area contributed by atoms with Gasteiger partial charge in [0.25, 0.3) is 5.91 Å². The van der Waals surface area contributed by atoms with E-state index in [-0.39, 0.29) is 12.5 Å². The minimum atomic E-state index is -0.158. The average Bonchev–Trinajstić information content (AvgIpc) is 2.74. The Morgan fingerprint density at radius 2 is 2.22 bits per heavy atom. The maximum Gasteiger partial charge on any atom is 0.274 e. The van der Waals surface area contributed by atoms with Gasteiger partial charge in [-0.3, -0.25) is 9.48 Å². The van der Waals surface area contributed by atoms with Crippen LogP contribution in [0.4, 0.5) is 5.69 Å². The molecular weight excluding hydrogens is 232 g/mol. The Labute approximate surface area is 107 Å². The lowest BCUT2D eigenvalue weighted by Gasteiger charge is -2.22. The van der Waals surface area contributed by atoms with Gasteiger partial charge in [-0.2, -0.15) is 5.10 Å². The van der Waals surface area contributed by atoms with Crippen molar-refractivity contribution in [2.75, 3.05) is 25.4 Å². The highest BCUT2D eigenvalue weighted by Crippen LogP contribution is 2.14. The second-order valence-corrected chi connectivity index (χ2v) is 4.13. The topological polar surface area (TPSA) is 84.4 Å². The largest absolute Gasteiger partial charge is 0.396 e. The monoisotopic (exact) mass is 254 g/mol. The van der Waals surface area contributed by atoms with Gasteiger partial charge in [-0.15, -0.1) is 0 Å². The minimum absolute atomic E-state index is 0.0460. The standard InChI is InChI=1S/C12H22N4O2/c1-3-5-6-15(7-8-17)12(18)11-10(13)9-14-16(11)4-2/h9,17H,3-8,13H2,1-2H3. The first kappa shape index (κ1) is 14.5. The number of aromatic nitrogens is 2. The van der Waals surface area contributed by atoms with Gasteiger partial charge in [0.15, 0.2) is 0 Å². The number of nitrogen functional groups attached to an aromatic ring is 1. The average molecular weight is 254 g/mol. The molecule has 0 aliphatic rings. The zero-order chi connectivity index (χ0) is 13.5. The molecule has 18 heavy (non-hydrogen) atoms. The van der Waals surface area contributed by atoms with Crippen molar-refractivity contribution in [3.63, 3.8) is 0 Å². The summed E-state index contributed by atoms with van der Waals surface area (Å²) in [6.07, 6.45) is 3.40. The second-order valence-electron chi connectivity index (χ2n) is 4.13. The van der Waals surface area contributed by atoms with Gasteiger partial charge in [-0.25, -0.2) is 0 Å². The Hall–Kier alpha value is -1.56. The van der Waals surface area contributed by atoms with E-state index in [0.717, 1.165) is 12.8 Å². The van der Waals surface area contributed by atoms with Crippen molar-refractivity contribution < 1.29 is 9.90 Å². The van der Waals surface area contributed by atoms with Crippen LogP contribution in [0.15, 0.2) is 6.20 Å². The third-order valence-electron chi connectivity index (χ3n) is 2.81. The molecule has 0 aliphatic carbocycles. The Balaban J connectivity index is 2.90. The Morgan fingerprint density at radius 3 is 2.78 bits per heavy atom. The fourth-order valence-corrected chi connectivity index (χ4v) is 1.81. The summed E-state index contributed by atoms with van der Waals surface area (Å²) < 4.78 is 1.59. The number of aliphatic hydroxyl groups is 1. The molecule has 0 spiro atoms. The molecule has 0 saturated carbocycles. The molecule has 6 heteroatoms. The van der Waals surface area contributed by atoms with E-state index in [4.69, 9.17) is 10.8 Å². The van der Waals surface area contributed by atoms with Crippen LogP contribution in [-0.2, 0) is 6.54 Å². The number of amides is 1. The number of hydrogen-bond donors (Lipinski definition) is 2. The van der Waals surface area contributed by atoms with Crippen molar-refractivity contribution >= 4 is 11.6 Å². The fourth-order valence-electron chi connectivity index (χ4n) is 1.81. The van der Waals surface area contributed by atoms with Crippen LogP contribution < -0.4 is 5.73 Å². The molecule has 1 heterocycles. The van der Waals surface area contributed by atoms with Gasteiger partial charge in [0.2, 0.25) is 0 Å². The second kappa shape index (κ2) is 7.00. The normalized spacial score (nSPS) is 10.6. The van der Waals surface area contributed by atoms with Crippen LogP contribution in [0.2, 0.25) is 0 Å². The molecule has 1 aromatic heterocycles. The first-order valence-corrected chi connectivity index (χ1v) is 6.37. The number of aryl methyl sites for hydroxylation is 1. The number of carbonyl (C=O) groups excluding carboxylic acids is 1. The molecule has 0 radical (unpaired) electrons. The van der Waals surface area contributed by atoms with Crippen molar-refractivity contribution in [3.05, 3.63) is 11.9 Å². The van der Waals surface area contributed by atoms with Crippen LogP contribution in [-0.4, -0.2) is 45.4 Å². The SMILES string of the molecule is CCCCN(CCO)C(=O)c1c(N)cnn1CC. The smallest absolute Gasteiger partial charge is 0.274 e. The van der Waals surface area contributed by atoms with Gasteiger partial charge >= 0.3 is 0 Å². The molecule has 1 aromatic rings. The Morgan fingerprint density at radius 1 is 1.50 bits per heavy atom. The molecule has 0 fully saturated rings. The van der Waals surface area contributed by atoms with Crippen molar-refractivity contribution in [2.45, 2.75) is 33.2 Å². The molecule has 102 valence electrons. The predicted molar refractivity (Wildman–Crippen MR) is 70.2 cm³/mol. The molecule has 0 atom stereocenters. The van der Waals surface area contributed by atoms with Gasteiger partial charge < -0.3 is 15.7 Å². The molecule has 3 N–H and O–H groups in total. The molecule has 0 aliphatic heterocycles. The van der Waals surface area contributed by atoms with E-state index in [9.17, 15) is 4.79 Å². The maximum absolute atomic E-state index is 12.4. The van der Waals surface area contributed by atoms with Crippen molar-refractivity contribution in [3.8, 4) is 0 Å². The summed E-state index contributed by atoms with van der Waals surface area (Å²) in [5.41, 5.74) is 6.60. The lowest BCUT2D eigenvalue weighted by atomic mass is 10.2. The highest BCUT2D eigenvalue weighted by Gasteiger charge is 2.21. The molecule has 0 aromatic carbocycles. The number of carbonyl (C=O) groups is 1. The fraction of sp³-hybridized carbons (Fsp3) is 0.667. The van der Waals surface area contributed by atoms with E-state index in [0.29, 0.717) is 31.0 Å². The molecule has 0 saturated heterocycles. The van der Waals surface area contributed by atoms with Crippen LogP contribution in [0, 0.1) is 0 Å². The first-order valence-electron chi connectivity index (χ1n) is 6.37. The third kappa shape index (κ3) is 3.22. The molecule has 6 nitrogen and oxygen atoms in total. The van der Waals surface area contributed by atoms with Crippen LogP contribution in [0.3, 0.4) is 0 Å². The van der Waals surface area contributed by atoms with Gasteiger partial charge in [-0.1, -0.05) is 13.3 Å². The zero-order valence-corrected chi connectivity index (χ0v) is 11.1. The van der Waals surface area contributed by atoms with E-state index in [2.05, 4.69) is 12.0 Å². The van der Waals surface area contributed by atoms with E-state index in [1.807, 2.05) is 6.92 Å².